The Morgan fingerprint density at radius 1 is 1.06 bits per heavy atom. The summed E-state index contributed by atoms with van der Waals surface area (Å²) in [6, 6.07) is 9.40. The molecule has 0 heterocycles. The van der Waals surface area contributed by atoms with Crippen LogP contribution in [0.2, 0.25) is 0 Å². The quantitative estimate of drug-likeness (QED) is 0.680. The van der Waals surface area contributed by atoms with Gasteiger partial charge in [-0.15, -0.1) is 0 Å². The van der Waals surface area contributed by atoms with E-state index in [2.05, 4.69) is 45.6 Å². The van der Waals surface area contributed by atoms with Crippen molar-refractivity contribution in [3.05, 3.63) is 29.8 Å². The number of ether oxygens (including phenoxy) is 1. The van der Waals surface area contributed by atoms with E-state index in [4.69, 9.17) is 4.74 Å². The largest absolute Gasteiger partial charge is 0.493 e. The van der Waals surface area contributed by atoms with Crippen LogP contribution in [-0.4, -0.2) is 30.1 Å². The van der Waals surface area contributed by atoms with Crippen LogP contribution in [0, 0.1) is 6.92 Å². The SMILES string of the molecule is Cc1ccccc1OCCCN(C(C)C)C(C)C. The summed E-state index contributed by atoms with van der Waals surface area (Å²) in [7, 11) is 0. The van der Waals surface area contributed by atoms with Crippen LogP contribution in [0.1, 0.15) is 39.7 Å². The Morgan fingerprint density at radius 2 is 1.67 bits per heavy atom. The second-order valence-corrected chi connectivity index (χ2v) is 5.39. The molecule has 0 bridgehead atoms. The van der Waals surface area contributed by atoms with Crippen LogP contribution in [0.5, 0.6) is 5.75 Å². The van der Waals surface area contributed by atoms with Crippen molar-refractivity contribution < 1.29 is 4.74 Å². The molecule has 2 heteroatoms. The molecule has 1 rings (SSSR count). The van der Waals surface area contributed by atoms with Crippen LogP contribution in [0.25, 0.3) is 0 Å². The van der Waals surface area contributed by atoms with Gasteiger partial charge in [0.25, 0.3) is 0 Å². The highest BCUT2D eigenvalue weighted by Crippen LogP contribution is 2.16. The second kappa shape index (κ2) is 7.42. The highest BCUT2D eigenvalue weighted by Gasteiger charge is 2.12. The Kier molecular flexibility index (Phi) is 6.20. The number of hydrogen-bond donors (Lipinski definition) is 0. The number of benzene rings is 1. The smallest absolute Gasteiger partial charge is 0.122 e. The first-order valence-corrected chi connectivity index (χ1v) is 6.96. The molecule has 0 saturated heterocycles. The Morgan fingerprint density at radius 3 is 2.22 bits per heavy atom. The third-order valence-corrected chi connectivity index (χ3v) is 3.24. The zero-order valence-electron chi connectivity index (χ0n) is 12.4. The van der Waals surface area contributed by atoms with Gasteiger partial charge in [0.15, 0.2) is 0 Å². The van der Waals surface area contributed by atoms with E-state index < -0.39 is 0 Å². The summed E-state index contributed by atoms with van der Waals surface area (Å²) in [5, 5.41) is 0. The minimum absolute atomic E-state index is 0.600. The number of para-hydroxylation sites is 1. The first-order valence-electron chi connectivity index (χ1n) is 6.96. The molecule has 1 aromatic carbocycles. The predicted octanol–water partition coefficient (Wildman–Crippen LogP) is 3.88. The molecule has 0 saturated carbocycles. The van der Waals surface area contributed by atoms with E-state index in [1.807, 2.05) is 18.2 Å². The summed E-state index contributed by atoms with van der Waals surface area (Å²) in [5.41, 5.74) is 1.21. The van der Waals surface area contributed by atoms with Gasteiger partial charge in [0.2, 0.25) is 0 Å². The molecular weight excluding hydrogens is 222 g/mol. The van der Waals surface area contributed by atoms with Crippen molar-refractivity contribution in [2.75, 3.05) is 13.2 Å². The molecule has 2 nitrogen and oxygen atoms in total. The maximum absolute atomic E-state index is 5.82. The zero-order valence-corrected chi connectivity index (χ0v) is 12.4. The van der Waals surface area contributed by atoms with E-state index in [-0.39, 0.29) is 0 Å². The molecule has 0 aliphatic carbocycles. The van der Waals surface area contributed by atoms with Crippen molar-refractivity contribution >= 4 is 0 Å². The van der Waals surface area contributed by atoms with Gasteiger partial charge in [-0.2, -0.15) is 0 Å². The van der Waals surface area contributed by atoms with Crippen molar-refractivity contribution in [2.45, 2.75) is 53.1 Å². The van der Waals surface area contributed by atoms with Crippen molar-refractivity contribution in [2.24, 2.45) is 0 Å². The fourth-order valence-corrected chi connectivity index (χ4v) is 2.26. The molecule has 0 aliphatic heterocycles. The molecular formula is C16H27NO. The maximum atomic E-state index is 5.82. The van der Waals surface area contributed by atoms with E-state index in [0.717, 1.165) is 25.3 Å². The van der Waals surface area contributed by atoms with Gasteiger partial charge in [-0.3, -0.25) is 4.90 Å². The van der Waals surface area contributed by atoms with Crippen molar-refractivity contribution in [3.8, 4) is 5.75 Å². The molecule has 0 N–H and O–H groups in total. The van der Waals surface area contributed by atoms with Gasteiger partial charge in [0.1, 0.15) is 5.75 Å². The third kappa shape index (κ3) is 4.69. The Labute approximate surface area is 112 Å². The topological polar surface area (TPSA) is 12.5 Å². The number of aryl methyl sites for hydroxylation is 1. The summed E-state index contributed by atoms with van der Waals surface area (Å²) in [5.74, 6) is 1.01. The van der Waals surface area contributed by atoms with Crippen molar-refractivity contribution in [1.82, 2.24) is 4.90 Å². The Hall–Kier alpha value is -1.02. The normalized spacial score (nSPS) is 11.6. The van der Waals surface area contributed by atoms with Crippen LogP contribution in [0.4, 0.5) is 0 Å². The fourth-order valence-electron chi connectivity index (χ4n) is 2.26. The van der Waals surface area contributed by atoms with Gasteiger partial charge < -0.3 is 4.74 Å². The monoisotopic (exact) mass is 249 g/mol. The molecule has 0 unspecified atom stereocenters. The van der Waals surface area contributed by atoms with E-state index in [1.54, 1.807) is 0 Å². The predicted molar refractivity (Wildman–Crippen MR) is 78.3 cm³/mol. The highest BCUT2D eigenvalue weighted by molar-refractivity contribution is 5.31. The zero-order chi connectivity index (χ0) is 13.5. The molecule has 0 aliphatic rings. The van der Waals surface area contributed by atoms with Crippen molar-refractivity contribution in [1.29, 1.82) is 0 Å². The highest BCUT2D eigenvalue weighted by atomic mass is 16.5. The molecule has 1 aromatic rings. The van der Waals surface area contributed by atoms with E-state index >= 15 is 0 Å². The second-order valence-electron chi connectivity index (χ2n) is 5.39. The Balaban J connectivity index is 2.32. The van der Waals surface area contributed by atoms with Crippen LogP contribution in [0.15, 0.2) is 24.3 Å². The third-order valence-electron chi connectivity index (χ3n) is 3.24. The molecule has 102 valence electrons. The van der Waals surface area contributed by atoms with E-state index in [9.17, 15) is 0 Å². The number of hydrogen-bond acceptors (Lipinski definition) is 2. The van der Waals surface area contributed by atoms with Gasteiger partial charge in [0, 0.05) is 18.6 Å². The van der Waals surface area contributed by atoms with Gasteiger partial charge >= 0.3 is 0 Å². The molecule has 0 aromatic heterocycles. The average Bonchev–Trinajstić information content (AvgIpc) is 2.30. The van der Waals surface area contributed by atoms with Gasteiger partial charge in [-0.1, -0.05) is 18.2 Å². The molecule has 18 heavy (non-hydrogen) atoms. The summed E-state index contributed by atoms with van der Waals surface area (Å²) in [6.45, 7) is 13.0. The van der Waals surface area contributed by atoms with Crippen LogP contribution in [-0.2, 0) is 0 Å². The molecule has 0 radical (unpaired) electrons. The van der Waals surface area contributed by atoms with Gasteiger partial charge in [-0.25, -0.2) is 0 Å². The number of rotatable bonds is 7. The van der Waals surface area contributed by atoms with Gasteiger partial charge in [-0.05, 0) is 52.7 Å². The lowest BCUT2D eigenvalue weighted by atomic mass is 10.2. The molecule has 0 atom stereocenters. The number of nitrogens with zero attached hydrogens (tertiary/aromatic N) is 1. The molecule has 0 fully saturated rings. The van der Waals surface area contributed by atoms with Crippen LogP contribution >= 0.6 is 0 Å². The first-order chi connectivity index (χ1) is 8.52. The van der Waals surface area contributed by atoms with Crippen LogP contribution < -0.4 is 4.74 Å². The average molecular weight is 249 g/mol. The summed E-state index contributed by atoms with van der Waals surface area (Å²) in [6.07, 6.45) is 1.07. The van der Waals surface area contributed by atoms with Crippen molar-refractivity contribution in [3.63, 3.8) is 0 Å². The van der Waals surface area contributed by atoms with E-state index in [0.29, 0.717) is 12.1 Å². The lowest BCUT2D eigenvalue weighted by molar-refractivity contribution is 0.160. The maximum Gasteiger partial charge on any atom is 0.122 e. The summed E-state index contributed by atoms with van der Waals surface area (Å²) in [4.78, 5) is 2.50. The fraction of sp³-hybridized carbons (Fsp3) is 0.625. The summed E-state index contributed by atoms with van der Waals surface area (Å²) < 4.78 is 5.82. The minimum atomic E-state index is 0.600. The van der Waals surface area contributed by atoms with Gasteiger partial charge in [0.05, 0.1) is 6.61 Å². The van der Waals surface area contributed by atoms with Crippen LogP contribution in [0.3, 0.4) is 0 Å². The standard InChI is InChI=1S/C16H27NO/c1-13(2)17(14(3)4)11-8-12-18-16-10-7-6-9-15(16)5/h6-7,9-10,13-14H,8,11-12H2,1-5H3. The summed E-state index contributed by atoms with van der Waals surface area (Å²) >= 11 is 0. The minimum Gasteiger partial charge on any atom is -0.493 e. The molecule has 0 amide bonds. The lowest BCUT2D eigenvalue weighted by Gasteiger charge is -2.30. The van der Waals surface area contributed by atoms with E-state index in [1.165, 1.54) is 5.56 Å². The first kappa shape index (κ1) is 15.0. The lowest BCUT2D eigenvalue weighted by Crippen LogP contribution is -2.38. The Bertz CT molecular complexity index is 339. The molecule has 0 spiro atoms.